The minimum Gasteiger partial charge on any atom is -0.465 e. The Morgan fingerprint density at radius 2 is 1.88 bits per heavy atom. The van der Waals surface area contributed by atoms with Gasteiger partial charge < -0.3 is 14.9 Å². The van der Waals surface area contributed by atoms with E-state index in [-0.39, 0.29) is 18.0 Å². The van der Waals surface area contributed by atoms with Crippen molar-refractivity contribution in [1.82, 2.24) is 9.80 Å². The fraction of sp³-hybridized carbons (Fsp3) is 0.556. The van der Waals surface area contributed by atoms with E-state index in [1.807, 2.05) is 35.4 Å². The Kier molecular flexibility index (Phi) is 5.33. The molecule has 3 rings (SSSR count). The van der Waals surface area contributed by atoms with Gasteiger partial charge >= 0.3 is 6.09 Å². The Bertz CT molecular complexity index is 616. The lowest BCUT2D eigenvalue weighted by atomic mass is 10.1. The van der Waals surface area contributed by atoms with Crippen LogP contribution in [-0.2, 0) is 0 Å². The summed E-state index contributed by atoms with van der Waals surface area (Å²) in [6, 6.07) is 7.95. The Balaban J connectivity index is 1.87. The SMILES string of the molecule is CSc1ccccc1C(=O)N(C1CCCC1)[C@H]1CCN(C(=O)O)C1. The molecule has 2 fully saturated rings. The molecule has 1 aromatic rings. The zero-order valence-corrected chi connectivity index (χ0v) is 14.8. The summed E-state index contributed by atoms with van der Waals surface area (Å²) in [4.78, 5) is 29.0. The van der Waals surface area contributed by atoms with E-state index >= 15 is 0 Å². The molecule has 130 valence electrons. The summed E-state index contributed by atoms with van der Waals surface area (Å²) in [5.74, 6) is 0.0593. The van der Waals surface area contributed by atoms with E-state index in [4.69, 9.17) is 0 Å². The summed E-state index contributed by atoms with van der Waals surface area (Å²) in [5, 5.41) is 9.24. The van der Waals surface area contributed by atoms with Crippen LogP contribution in [-0.4, -0.2) is 58.3 Å². The maximum Gasteiger partial charge on any atom is 0.407 e. The highest BCUT2D eigenvalue weighted by Gasteiger charge is 2.38. The summed E-state index contributed by atoms with van der Waals surface area (Å²) in [5.41, 5.74) is 0.741. The topological polar surface area (TPSA) is 60.9 Å². The maximum absolute atomic E-state index is 13.3. The predicted octanol–water partition coefficient (Wildman–Crippen LogP) is 3.55. The van der Waals surface area contributed by atoms with Gasteiger partial charge in [0.2, 0.25) is 0 Å². The van der Waals surface area contributed by atoms with Crippen LogP contribution in [0.3, 0.4) is 0 Å². The van der Waals surface area contributed by atoms with Gasteiger partial charge in [-0.15, -0.1) is 11.8 Å². The Labute approximate surface area is 147 Å². The summed E-state index contributed by atoms with van der Waals surface area (Å²) < 4.78 is 0. The third-order valence-electron chi connectivity index (χ3n) is 5.12. The van der Waals surface area contributed by atoms with Crippen LogP contribution >= 0.6 is 11.8 Å². The van der Waals surface area contributed by atoms with Gasteiger partial charge in [-0.05, 0) is 37.7 Å². The van der Waals surface area contributed by atoms with Crippen LogP contribution in [0.4, 0.5) is 4.79 Å². The lowest BCUT2D eigenvalue weighted by Crippen LogP contribution is -2.48. The fourth-order valence-electron chi connectivity index (χ4n) is 3.92. The molecule has 1 aliphatic heterocycles. The number of thioether (sulfide) groups is 1. The Morgan fingerprint density at radius 3 is 2.50 bits per heavy atom. The van der Waals surface area contributed by atoms with Gasteiger partial charge in [0.25, 0.3) is 5.91 Å². The first-order chi connectivity index (χ1) is 11.6. The zero-order chi connectivity index (χ0) is 17.1. The van der Waals surface area contributed by atoms with Crippen LogP contribution < -0.4 is 0 Å². The van der Waals surface area contributed by atoms with Crippen molar-refractivity contribution in [3.8, 4) is 0 Å². The normalized spacial score (nSPS) is 21.2. The molecule has 24 heavy (non-hydrogen) atoms. The van der Waals surface area contributed by atoms with E-state index in [0.717, 1.165) is 42.6 Å². The molecule has 1 aliphatic carbocycles. The average Bonchev–Trinajstić information content (AvgIpc) is 3.27. The van der Waals surface area contributed by atoms with E-state index in [1.54, 1.807) is 11.8 Å². The van der Waals surface area contributed by atoms with Crippen molar-refractivity contribution in [3.63, 3.8) is 0 Å². The van der Waals surface area contributed by atoms with Crippen molar-refractivity contribution >= 4 is 23.8 Å². The third-order valence-corrected chi connectivity index (χ3v) is 5.91. The first kappa shape index (κ1) is 17.1. The van der Waals surface area contributed by atoms with E-state index in [0.29, 0.717) is 13.1 Å². The molecule has 1 saturated heterocycles. The van der Waals surface area contributed by atoms with Crippen LogP contribution in [0.5, 0.6) is 0 Å². The summed E-state index contributed by atoms with van der Waals surface area (Å²) in [6.45, 7) is 0.944. The molecule has 1 saturated carbocycles. The van der Waals surface area contributed by atoms with Crippen molar-refractivity contribution in [2.24, 2.45) is 0 Å². The molecule has 0 spiro atoms. The standard InChI is InChI=1S/C18H24N2O3S/c1-24-16-9-5-4-8-15(16)17(21)20(13-6-2-3-7-13)14-10-11-19(12-14)18(22)23/h4-5,8-9,13-14H,2-3,6-7,10-12H2,1H3,(H,22,23)/t14-/m0/s1. The molecule has 0 radical (unpaired) electrons. The smallest absolute Gasteiger partial charge is 0.407 e. The average molecular weight is 348 g/mol. The maximum atomic E-state index is 13.3. The summed E-state index contributed by atoms with van der Waals surface area (Å²) in [6.07, 6.45) is 6.17. The molecule has 0 unspecified atom stereocenters. The molecular weight excluding hydrogens is 324 g/mol. The molecule has 1 N–H and O–H groups in total. The number of carbonyl (C=O) groups is 2. The second kappa shape index (κ2) is 7.47. The van der Waals surface area contributed by atoms with E-state index < -0.39 is 6.09 Å². The van der Waals surface area contributed by atoms with Gasteiger partial charge in [-0.25, -0.2) is 4.79 Å². The summed E-state index contributed by atoms with van der Waals surface area (Å²) >= 11 is 1.58. The van der Waals surface area contributed by atoms with E-state index in [1.165, 1.54) is 4.90 Å². The zero-order valence-electron chi connectivity index (χ0n) is 14.0. The van der Waals surface area contributed by atoms with Crippen LogP contribution in [0.15, 0.2) is 29.2 Å². The second-order valence-electron chi connectivity index (χ2n) is 6.52. The Hall–Kier alpha value is -1.69. The molecule has 2 amide bonds. The van der Waals surface area contributed by atoms with Gasteiger partial charge in [-0.1, -0.05) is 25.0 Å². The number of benzene rings is 1. The number of nitrogens with zero attached hydrogens (tertiary/aromatic N) is 2. The third kappa shape index (κ3) is 3.38. The van der Waals surface area contributed by atoms with Gasteiger partial charge in [-0.3, -0.25) is 4.79 Å². The Morgan fingerprint density at radius 1 is 1.17 bits per heavy atom. The van der Waals surface area contributed by atoms with E-state index in [9.17, 15) is 14.7 Å². The van der Waals surface area contributed by atoms with Gasteiger partial charge in [0.15, 0.2) is 0 Å². The number of amides is 2. The monoisotopic (exact) mass is 348 g/mol. The van der Waals surface area contributed by atoms with Crippen LogP contribution in [0, 0.1) is 0 Å². The van der Waals surface area contributed by atoms with Crippen LogP contribution in [0.1, 0.15) is 42.5 Å². The lowest BCUT2D eigenvalue weighted by molar-refractivity contribution is 0.0575. The number of likely N-dealkylation sites (tertiary alicyclic amines) is 1. The minimum atomic E-state index is -0.888. The molecule has 1 atom stereocenters. The van der Waals surface area contributed by atoms with Gasteiger partial charge in [-0.2, -0.15) is 0 Å². The first-order valence-electron chi connectivity index (χ1n) is 8.55. The highest BCUT2D eigenvalue weighted by atomic mass is 32.2. The van der Waals surface area contributed by atoms with E-state index in [2.05, 4.69) is 0 Å². The molecule has 1 aromatic carbocycles. The lowest BCUT2D eigenvalue weighted by Gasteiger charge is -2.35. The molecule has 2 aliphatic rings. The molecule has 5 nitrogen and oxygen atoms in total. The molecule has 1 heterocycles. The molecule has 6 heteroatoms. The summed E-state index contributed by atoms with van der Waals surface area (Å²) in [7, 11) is 0. The number of carbonyl (C=O) groups excluding carboxylic acids is 1. The van der Waals surface area contributed by atoms with Crippen molar-refractivity contribution in [3.05, 3.63) is 29.8 Å². The number of carboxylic acid groups (broad SMARTS) is 1. The van der Waals surface area contributed by atoms with Gasteiger partial charge in [0.1, 0.15) is 0 Å². The van der Waals surface area contributed by atoms with Gasteiger partial charge in [0.05, 0.1) is 11.6 Å². The van der Waals surface area contributed by atoms with Crippen molar-refractivity contribution < 1.29 is 14.7 Å². The minimum absolute atomic E-state index is 0.00777. The van der Waals surface area contributed by atoms with Gasteiger partial charge in [0, 0.05) is 24.0 Å². The first-order valence-corrected chi connectivity index (χ1v) is 9.78. The van der Waals surface area contributed by atoms with Crippen molar-refractivity contribution in [1.29, 1.82) is 0 Å². The number of hydrogen-bond donors (Lipinski definition) is 1. The largest absolute Gasteiger partial charge is 0.465 e. The van der Waals surface area contributed by atoms with Crippen LogP contribution in [0.2, 0.25) is 0 Å². The molecule has 0 aromatic heterocycles. The quantitative estimate of drug-likeness (QED) is 0.846. The van der Waals surface area contributed by atoms with Crippen molar-refractivity contribution in [2.75, 3.05) is 19.3 Å². The number of rotatable bonds is 4. The van der Waals surface area contributed by atoms with Crippen LogP contribution in [0.25, 0.3) is 0 Å². The second-order valence-corrected chi connectivity index (χ2v) is 7.37. The number of hydrogen-bond acceptors (Lipinski definition) is 3. The highest BCUT2D eigenvalue weighted by Crippen LogP contribution is 2.31. The van der Waals surface area contributed by atoms with Crippen molar-refractivity contribution in [2.45, 2.75) is 49.1 Å². The molecular formula is C18H24N2O3S. The molecule has 0 bridgehead atoms. The highest BCUT2D eigenvalue weighted by molar-refractivity contribution is 7.98. The fourth-order valence-corrected chi connectivity index (χ4v) is 4.51. The predicted molar refractivity (Wildman–Crippen MR) is 94.7 cm³/mol.